The zero-order chi connectivity index (χ0) is 12.6. The summed E-state index contributed by atoms with van der Waals surface area (Å²) in [6, 6.07) is 7.08. The van der Waals surface area contributed by atoms with Crippen LogP contribution in [0.1, 0.15) is 20.8 Å². The molecule has 0 nitrogen and oxygen atoms in total. The van der Waals surface area contributed by atoms with E-state index in [-0.39, 0.29) is 10.6 Å². The van der Waals surface area contributed by atoms with Crippen LogP contribution in [0, 0.1) is 12.7 Å². The van der Waals surface area contributed by atoms with Crippen LogP contribution in [0.5, 0.6) is 0 Å². The molecule has 17 heavy (non-hydrogen) atoms. The van der Waals surface area contributed by atoms with Gasteiger partial charge in [-0.2, -0.15) is 0 Å². The Labute approximate surface area is 129 Å². The van der Waals surface area contributed by atoms with Gasteiger partial charge in [0.2, 0.25) is 0 Å². The first kappa shape index (κ1) is 13.7. The maximum atomic E-state index is 13.8. The molecular weight excluding hydrogens is 435 g/mol. The van der Waals surface area contributed by atoms with Crippen LogP contribution in [0.2, 0.25) is 0 Å². The summed E-state index contributed by atoms with van der Waals surface area (Å²) in [4.78, 5) is 0.952. The second kappa shape index (κ2) is 5.51. The predicted octanol–water partition coefficient (Wildman–Crippen LogP) is 6.20. The molecule has 2 aromatic rings. The van der Waals surface area contributed by atoms with Crippen molar-refractivity contribution in [1.29, 1.82) is 0 Å². The Hall–Kier alpha value is 0.290. The van der Waals surface area contributed by atoms with E-state index in [4.69, 9.17) is 0 Å². The van der Waals surface area contributed by atoms with Gasteiger partial charge in [0, 0.05) is 14.9 Å². The molecular formula is C12H8Br3FS. The molecule has 1 aromatic carbocycles. The average molecular weight is 443 g/mol. The SMILES string of the molecule is Cc1cc(C(Br)c2c(F)cccc2Br)sc1Br. The molecule has 0 bridgehead atoms. The Morgan fingerprint density at radius 1 is 1.29 bits per heavy atom. The fourth-order valence-corrected chi connectivity index (χ4v) is 4.82. The maximum absolute atomic E-state index is 13.8. The minimum absolute atomic E-state index is 0.131. The number of hydrogen-bond acceptors (Lipinski definition) is 1. The Bertz CT molecular complexity index is 511. The smallest absolute Gasteiger partial charge is 0.129 e. The standard InChI is InChI=1S/C12H8Br3FS/c1-6-5-9(17-12(6)15)11(14)10-7(13)3-2-4-8(10)16/h2-5,11H,1H3. The zero-order valence-corrected chi connectivity index (χ0v) is 14.4. The summed E-state index contributed by atoms with van der Waals surface area (Å²) in [6.07, 6.45) is 0. The first-order valence-corrected chi connectivity index (χ1v) is 8.16. The van der Waals surface area contributed by atoms with Crippen LogP contribution < -0.4 is 0 Å². The molecule has 1 aromatic heterocycles. The first-order chi connectivity index (χ1) is 8.00. The van der Waals surface area contributed by atoms with Crippen LogP contribution >= 0.6 is 59.1 Å². The average Bonchev–Trinajstić information content (AvgIpc) is 2.59. The van der Waals surface area contributed by atoms with Crippen molar-refractivity contribution < 1.29 is 4.39 Å². The highest BCUT2D eigenvalue weighted by Gasteiger charge is 2.20. The highest BCUT2D eigenvalue weighted by Crippen LogP contribution is 2.42. The van der Waals surface area contributed by atoms with E-state index in [1.807, 2.05) is 13.0 Å². The maximum Gasteiger partial charge on any atom is 0.129 e. The molecule has 0 aliphatic heterocycles. The van der Waals surface area contributed by atoms with Crippen LogP contribution in [-0.4, -0.2) is 0 Å². The number of halogens is 4. The quantitative estimate of drug-likeness (QED) is 0.485. The normalized spacial score (nSPS) is 12.8. The van der Waals surface area contributed by atoms with E-state index in [2.05, 4.69) is 53.9 Å². The lowest BCUT2D eigenvalue weighted by Gasteiger charge is -2.11. The molecule has 0 radical (unpaired) electrons. The fourth-order valence-electron chi connectivity index (χ4n) is 1.50. The Balaban J connectivity index is 2.47. The third-order valence-electron chi connectivity index (χ3n) is 2.38. The molecule has 1 atom stereocenters. The molecule has 0 amide bonds. The number of rotatable bonds is 2. The molecule has 0 fully saturated rings. The summed E-state index contributed by atoms with van der Waals surface area (Å²) < 4.78 is 15.7. The van der Waals surface area contributed by atoms with Crippen LogP contribution in [-0.2, 0) is 0 Å². The monoisotopic (exact) mass is 440 g/mol. The van der Waals surface area contributed by atoms with Gasteiger partial charge in [0.1, 0.15) is 5.82 Å². The highest BCUT2D eigenvalue weighted by molar-refractivity contribution is 9.11. The van der Waals surface area contributed by atoms with E-state index in [1.165, 1.54) is 11.6 Å². The summed E-state index contributed by atoms with van der Waals surface area (Å²) in [5.41, 5.74) is 1.81. The van der Waals surface area contributed by atoms with Crippen molar-refractivity contribution in [2.24, 2.45) is 0 Å². The molecule has 2 rings (SSSR count). The van der Waals surface area contributed by atoms with Crippen molar-refractivity contribution in [3.63, 3.8) is 0 Å². The number of alkyl halides is 1. The van der Waals surface area contributed by atoms with Crippen molar-refractivity contribution >= 4 is 59.1 Å². The van der Waals surface area contributed by atoms with Crippen molar-refractivity contribution in [1.82, 2.24) is 0 Å². The highest BCUT2D eigenvalue weighted by atomic mass is 79.9. The van der Waals surface area contributed by atoms with Crippen molar-refractivity contribution in [3.05, 3.63) is 54.3 Å². The lowest BCUT2D eigenvalue weighted by molar-refractivity contribution is 0.612. The van der Waals surface area contributed by atoms with Gasteiger partial charge in [0.05, 0.1) is 8.61 Å². The minimum Gasteiger partial charge on any atom is -0.207 e. The molecule has 0 saturated carbocycles. The minimum atomic E-state index is -0.205. The second-order valence-corrected chi connectivity index (χ2v) is 7.78. The first-order valence-electron chi connectivity index (χ1n) is 4.84. The Morgan fingerprint density at radius 3 is 2.53 bits per heavy atom. The molecule has 0 aliphatic rings. The van der Waals surface area contributed by atoms with Gasteiger partial charge in [0.15, 0.2) is 0 Å². The summed E-state index contributed by atoms with van der Waals surface area (Å²) in [5, 5.41) is 0. The predicted molar refractivity (Wildman–Crippen MR) is 81.6 cm³/mol. The number of benzene rings is 1. The Morgan fingerprint density at radius 2 is 2.00 bits per heavy atom. The lowest BCUT2D eigenvalue weighted by atomic mass is 10.1. The van der Waals surface area contributed by atoms with Gasteiger partial charge >= 0.3 is 0 Å². The number of thiophene rings is 1. The molecule has 1 heterocycles. The zero-order valence-electron chi connectivity index (χ0n) is 8.81. The fraction of sp³-hybridized carbons (Fsp3) is 0.167. The molecule has 0 spiro atoms. The number of hydrogen-bond donors (Lipinski definition) is 0. The van der Waals surface area contributed by atoms with Gasteiger partial charge < -0.3 is 0 Å². The van der Waals surface area contributed by atoms with Crippen molar-refractivity contribution in [2.75, 3.05) is 0 Å². The molecule has 0 saturated heterocycles. The largest absolute Gasteiger partial charge is 0.207 e. The van der Waals surface area contributed by atoms with E-state index >= 15 is 0 Å². The molecule has 0 aliphatic carbocycles. The van der Waals surface area contributed by atoms with E-state index in [0.717, 1.165) is 13.1 Å². The van der Waals surface area contributed by atoms with Crippen LogP contribution in [0.25, 0.3) is 0 Å². The summed E-state index contributed by atoms with van der Waals surface area (Å²) in [5.74, 6) is -0.205. The summed E-state index contributed by atoms with van der Waals surface area (Å²) in [7, 11) is 0. The van der Waals surface area contributed by atoms with Crippen LogP contribution in [0.3, 0.4) is 0 Å². The van der Waals surface area contributed by atoms with Gasteiger partial charge in [-0.25, -0.2) is 4.39 Å². The molecule has 90 valence electrons. The molecule has 1 unspecified atom stereocenters. The second-order valence-electron chi connectivity index (χ2n) is 3.60. The van der Waals surface area contributed by atoms with Gasteiger partial charge in [0.25, 0.3) is 0 Å². The van der Waals surface area contributed by atoms with E-state index in [0.29, 0.717) is 5.56 Å². The topological polar surface area (TPSA) is 0 Å². The van der Waals surface area contributed by atoms with Crippen molar-refractivity contribution in [2.45, 2.75) is 11.8 Å². The van der Waals surface area contributed by atoms with E-state index in [1.54, 1.807) is 17.4 Å². The van der Waals surface area contributed by atoms with Crippen LogP contribution in [0.4, 0.5) is 4.39 Å². The third kappa shape index (κ3) is 2.83. The van der Waals surface area contributed by atoms with Gasteiger partial charge in [-0.3, -0.25) is 0 Å². The molecule has 0 N–H and O–H groups in total. The van der Waals surface area contributed by atoms with Crippen LogP contribution in [0.15, 0.2) is 32.5 Å². The molecule has 5 heteroatoms. The summed E-state index contributed by atoms with van der Waals surface area (Å²) >= 11 is 12.1. The van der Waals surface area contributed by atoms with E-state index < -0.39 is 0 Å². The third-order valence-corrected chi connectivity index (χ3v) is 6.53. The van der Waals surface area contributed by atoms with Gasteiger partial charge in [-0.05, 0) is 46.6 Å². The lowest BCUT2D eigenvalue weighted by Crippen LogP contribution is -1.95. The number of aryl methyl sites for hydroxylation is 1. The van der Waals surface area contributed by atoms with Gasteiger partial charge in [-0.1, -0.05) is 37.9 Å². The van der Waals surface area contributed by atoms with Crippen molar-refractivity contribution in [3.8, 4) is 0 Å². The summed E-state index contributed by atoms with van der Waals surface area (Å²) in [6.45, 7) is 2.03. The van der Waals surface area contributed by atoms with Gasteiger partial charge in [-0.15, -0.1) is 11.3 Å². The Kier molecular flexibility index (Phi) is 4.45. The van der Waals surface area contributed by atoms with E-state index in [9.17, 15) is 4.39 Å².